The molecule has 2 atom stereocenters. The molecule has 0 saturated carbocycles. The molecule has 30 heavy (non-hydrogen) atoms. The molecule has 6 heteroatoms. The lowest BCUT2D eigenvalue weighted by Crippen LogP contribution is -2.51. The molecule has 2 aromatic heterocycles. The molecule has 4 rings (SSSR count). The third-order valence-electron chi connectivity index (χ3n) is 6.54. The van der Waals surface area contributed by atoms with Gasteiger partial charge in [0, 0.05) is 29.9 Å². The number of nitrogens with one attached hydrogen (secondary N) is 1. The quantitative estimate of drug-likeness (QED) is 0.805. The molecular formula is C24H33N5O. The Hall–Kier alpha value is -2.47. The van der Waals surface area contributed by atoms with Crippen molar-refractivity contribution in [2.75, 3.05) is 25.0 Å². The summed E-state index contributed by atoms with van der Waals surface area (Å²) in [5, 5.41) is 3.28. The summed E-state index contributed by atoms with van der Waals surface area (Å²) in [4.78, 5) is 26.5. The van der Waals surface area contributed by atoms with Gasteiger partial charge in [0.15, 0.2) is 0 Å². The monoisotopic (exact) mass is 407 g/mol. The Labute approximate surface area is 179 Å². The van der Waals surface area contributed by atoms with Crippen molar-refractivity contribution in [3.8, 4) is 0 Å². The summed E-state index contributed by atoms with van der Waals surface area (Å²) in [7, 11) is 0. The molecular weight excluding hydrogens is 374 g/mol. The zero-order valence-electron chi connectivity index (χ0n) is 18.1. The number of amides is 1. The van der Waals surface area contributed by atoms with Crippen LogP contribution in [0.5, 0.6) is 0 Å². The lowest BCUT2D eigenvalue weighted by molar-refractivity contribution is -0.138. The average Bonchev–Trinajstić information content (AvgIpc) is 2.75. The third kappa shape index (κ3) is 4.98. The number of carbonyl (C=O) groups excluding carboxylic acids is 1. The minimum atomic E-state index is 0.299. The molecule has 2 aliphatic heterocycles. The van der Waals surface area contributed by atoms with Crippen molar-refractivity contribution in [2.45, 2.75) is 64.0 Å². The SMILES string of the molecule is C[C@H]1CCC[C@H](C)N1C(=O)CN1CCC(c2cccc(Nc3ccccn3)n2)CC1. The van der Waals surface area contributed by atoms with Crippen molar-refractivity contribution in [1.82, 2.24) is 19.8 Å². The highest BCUT2D eigenvalue weighted by Gasteiger charge is 2.31. The second-order valence-corrected chi connectivity index (χ2v) is 8.77. The maximum atomic E-state index is 12.9. The molecule has 4 heterocycles. The molecule has 0 aliphatic carbocycles. The molecule has 0 spiro atoms. The van der Waals surface area contributed by atoms with Crippen molar-refractivity contribution in [1.29, 1.82) is 0 Å². The molecule has 0 unspecified atom stereocenters. The Morgan fingerprint density at radius 2 is 1.73 bits per heavy atom. The zero-order valence-corrected chi connectivity index (χ0v) is 18.1. The molecule has 1 amide bonds. The maximum absolute atomic E-state index is 12.9. The van der Waals surface area contributed by atoms with Crippen molar-refractivity contribution < 1.29 is 4.79 Å². The summed E-state index contributed by atoms with van der Waals surface area (Å²) in [6.45, 7) is 6.84. The van der Waals surface area contributed by atoms with Crippen LogP contribution in [0.15, 0.2) is 42.6 Å². The smallest absolute Gasteiger partial charge is 0.237 e. The van der Waals surface area contributed by atoms with E-state index in [9.17, 15) is 4.79 Å². The Bertz CT molecular complexity index is 824. The number of pyridine rings is 2. The van der Waals surface area contributed by atoms with Crippen LogP contribution < -0.4 is 5.32 Å². The van der Waals surface area contributed by atoms with Crippen molar-refractivity contribution in [3.63, 3.8) is 0 Å². The van der Waals surface area contributed by atoms with Crippen molar-refractivity contribution in [2.24, 2.45) is 0 Å². The van der Waals surface area contributed by atoms with E-state index in [0.717, 1.165) is 56.1 Å². The van der Waals surface area contributed by atoms with E-state index in [1.165, 1.54) is 6.42 Å². The van der Waals surface area contributed by atoms with Crippen LogP contribution in [0.4, 0.5) is 11.6 Å². The van der Waals surface area contributed by atoms with E-state index >= 15 is 0 Å². The van der Waals surface area contributed by atoms with Crippen LogP contribution in [0, 0.1) is 0 Å². The van der Waals surface area contributed by atoms with Crippen LogP contribution in [-0.2, 0) is 4.79 Å². The standard InChI is InChI=1S/C24H33N5O/c1-18-7-5-8-19(2)29(18)24(30)17-28-15-12-20(13-16-28)21-9-6-11-23(26-21)27-22-10-3-4-14-25-22/h3-4,6,9-11,14,18-20H,5,7-8,12-13,15-17H2,1-2H3,(H,25,26,27)/t18-,19-/m0/s1. The second kappa shape index (κ2) is 9.56. The van der Waals surface area contributed by atoms with Crippen LogP contribution in [0.1, 0.15) is 57.6 Å². The molecule has 2 saturated heterocycles. The van der Waals surface area contributed by atoms with E-state index in [0.29, 0.717) is 30.5 Å². The minimum absolute atomic E-state index is 0.299. The fourth-order valence-electron chi connectivity index (χ4n) is 4.89. The first-order valence-corrected chi connectivity index (χ1v) is 11.3. The zero-order chi connectivity index (χ0) is 20.9. The van der Waals surface area contributed by atoms with E-state index in [2.05, 4.69) is 46.1 Å². The number of aromatic nitrogens is 2. The summed E-state index contributed by atoms with van der Waals surface area (Å²) in [6.07, 6.45) is 7.35. The molecule has 1 N–H and O–H groups in total. The average molecular weight is 408 g/mol. The van der Waals surface area contributed by atoms with Gasteiger partial charge in [0.2, 0.25) is 5.91 Å². The number of rotatable bonds is 5. The summed E-state index contributed by atoms with van der Waals surface area (Å²) >= 11 is 0. The Morgan fingerprint density at radius 3 is 2.43 bits per heavy atom. The first kappa shape index (κ1) is 20.8. The Morgan fingerprint density at radius 1 is 1.00 bits per heavy atom. The minimum Gasteiger partial charge on any atom is -0.336 e. The van der Waals surface area contributed by atoms with E-state index in [1.54, 1.807) is 6.20 Å². The maximum Gasteiger partial charge on any atom is 0.237 e. The summed E-state index contributed by atoms with van der Waals surface area (Å²) < 4.78 is 0. The first-order chi connectivity index (χ1) is 14.6. The number of likely N-dealkylation sites (tertiary alicyclic amines) is 2. The van der Waals surface area contributed by atoms with Gasteiger partial charge in [-0.2, -0.15) is 0 Å². The van der Waals surface area contributed by atoms with Crippen molar-refractivity contribution in [3.05, 3.63) is 48.3 Å². The first-order valence-electron chi connectivity index (χ1n) is 11.3. The van der Waals surface area contributed by atoms with Crippen LogP contribution in [0.25, 0.3) is 0 Å². The number of anilines is 2. The second-order valence-electron chi connectivity index (χ2n) is 8.77. The number of piperidine rings is 2. The van der Waals surface area contributed by atoms with Gasteiger partial charge in [-0.3, -0.25) is 9.69 Å². The van der Waals surface area contributed by atoms with Gasteiger partial charge in [-0.05, 0) is 83.3 Å². The van der Waals surface area contributed by atoms with Gasteiger partial charge in [0.25, 0.3) is 0 Å². The predicted octanol–water partition coefficient (Wildman–Crippen LogP) is 4.19. The normalized spacial score (nSPS) is 23.3. The van der Waals surface area contributed by atoms with E-state index in [1.807, 2.05) is 24.3 Å². The lowest BCUT2D eigenvalue weighted by atomic mass is 9.93. The van der Waals surface area contributed by atoms with Gasteiger partial charge >= 0.3 is 0 Å². The largest absolute Gasteiger partial charge is 0.336 e. The van der Waals surface area contributed by atoms with Gasteiger partial charge in [-0.25, -0.2) is 9.97 Å². The number of nitrogens with zero attached hydrogens (tertiary/aromatic N) is 4. The highest BCUT2D eigenvalue weighted by Crippen LogP contribution is 2.28. The van der Waals surface area contributed by atoms with Gasteiger partial charge < -0.3 is 10.2 Å². The highest BCUT2D eigenvalue weighted by molar-refractivity contribution is 5.79. The molecule has 2 aromatic rings. The molecule has 2 fully saturated rings. The van der Waals surface area contributed by atoms with Crippen LogP contribution in [-0.4, -0.2) is 57.4 Å². The van der Waals surface area contributed by atoms with Crippen LogP contribution in [0.3, 0.4) is 0 Å². The topological polar surface area (TPSA) is 61.4 Å². The highest BCUT2D eigenvalue weighted by atomic mass is 16.2. The Kier molecular flexibility index (Phi) is 6.62. The molecule has 0 aromatic carbocycles. The fraction of sp³-hybridized carbons (Fsp3) is 0.542. The summed E-state index contributed by atoms with van der Waals surface area (Å²) in [6, 6.07) is 12.7. The summed E-state index contributed by atoms with van der Waals surface area (Å²) in [5.41, 5.74) is 1.13. The predicted molar refractivity (Wildman–Crippen MR) is 120 cm³/mol. The number of hydrogen-bond donors (Lipinski definition) is 1. The third-order valence-corrected chi connectivity index (χ3v) is 6.54. The Balaban J connectivity index is 1.31. The molecule has 0 radical (unpaired) electrons. The van der Waals surface area contributed by atoms with Crippen LogP contribution >= 0.6 is 0 Å². The van der Waals surface area contributed by atoms with E-state index in [-0.39, 0.29) is 0 Å². The van der Waals surface area contributed by atoms with Gasteiger partial charge in [-0.15, -0.1) is 0 Å². The number of hydrogen-bond acceptors (Lipinski definition) is 5. The van der Waals surface area contributed by atoms with E-state index in [4.69, 9.17) is 4.98 Å². The van der Waals surface area contributed by atoms with E-state index < -0.39 is 0 Å². The summed E-state index contributed by atoms with van der Waals surface area (Å²) in [5.74, 6) is 2.37. The molecule has 6 nitrogen and oxygen atoms in total. The molecule has 160 valence electrons. The molecule has 2 aliphatic rings. The molecule has 0 bridgehead atoms. The lowest BCUT2D eigenvalue weighted by Gasteiger charge is -2.41. The van der Waals surface area contributed by atoms with Gasteiger partial charge in [0.1, 0.15) is 11.6 Å². The van der Waals surface area contributed by atoms with Crippen LogP contribution in [0.2, 0.25) is 0 Å². The number of carbonyl (C=O) groups is 1. The van der Waals surface area contributed by atoms with Crippen molar-refractivity contribution >= 4 is 17.5 Å². The van der Waals surface area contributed by atoms with Gasteiger partial charge in [0.05, 0.1) is 6.54 Å². The van der Waals surface area contributed by atoms with Gasteiger partial charge in [-0.1, -0.05) is 12.1 Å². The fourth-order valence-corrected chi connectivity index (χ4v) is 4.89.